The third kappa shape index (κ3) is 3.33. The van der Waals surface area contributed by atoms with Crippen molar-refractivity contribution < 1.29 is 4.74 Å². The van der Waals surface area contributed by atoms with Crippen molar-refractivity contribution in [3.63, 3.8) is 0 Å². The molecule has 1 N–H and O–H groups in total. The number of anilines is 1. The molecule has 1 aromatic rings. The summed E-state index contributed by atoms with van der Waals surface area (Å²) in [6, 6.07) is 9.66. The van der Waals surface area contributed by atoms with Crippen molar-refractivity contribution in [3.05, 3.63) is 29.8 Å². The van der Waals surface area contributed by atoms with E-state index in [4.69, 9.17) is 4.74 Å². The first-order chi connectivity index (χ1) is 9.67. The SMILES string of the molecule is CCC(C)C1CN(C(C)COC)c2ccccc2CN1. The first-order valence-electron chi connectivity index (χ1n) is 7.74. The van der Waals surface area contributed by atoms with Gasteiger partial charge in [0, 0.05) is 38.0 Å². The fourth-order valence-corrected chi connectivity index (χ4v) is 2.97. The Morgan fingerprint density at radius 2 is 2.10 bits per heavy atom. The van der Waals surface area contributed by atoms with Crippen LogP contribution in [0.1, 0.15) is 32.8 Å². The molecule has 1 aromatic carbocycles. The second kappa shape index (κ2) is 7.09. The molecule has 0 aromatic heterocycles. The molecule has 0 saturated carbocycles. The van der Waals surface area contributed by atoms with Gasteiger partial charge < -0.3 is 15.0 Å². The quantitative estimate of drug-likeness (QED) is 0.894. The summed E-state index contributed by atoms with van der Waals surface area (Å²) in [5.41, 5.74) is 2.75. The molecule has 0 radical (unpaired) electrons. The summed E-state index contributed by atoms with van der Waals surface area (Å²) in [4.78, 5) is 2.51. The van der Waals surface area contributed by atoms with E-state index in [1.54, 1.807) is 7.11 Å². The fraction of sp³-hybridized carbons (Fsp3) is 0.647. The number of hydrogen-bond donors (Lipinski definition) is 1. The lowest BCUT2D eigenvalue weighted by molar-refractivity contribution is 0.180. The summed E-state index contributed by atoms with van der Waals surface area (Å²) in [5.74, 6) is 0.682. The van der Waals surface area contributed by atoms with E-state index < -0.39 is 0 Å². The van der Waals surface area contributed by atoms with Crippen LogP contribution in [0, 0.1) is 5.92 Å². The Morgan fingerprint density at radius 3 is 2.80 bits per heavy atom. The number of methoxy groups -OCH3 is 1. The van der Waals surface area contributed by atoms with Crippen molar-refractivity contribution in [1.29, 1.82) is 0 Å². The van der Waals surface area contributed by atoms with Gasteiger partial charge in [-0.2, -0.15) is 0 Å². The van der Waals surface area contributed by atoms with Crippen molar-refractivity contribution >= 4 is 5.69 Å². The van der Waals surface area contributed by atoms with Crippen molar-refractivity contribution in [2.24, 2.45) is 5.92 Å². The predicted molar refractivity (Wildman–Crippen MR) is 85.2 cm³/mol. The van der Waals surface area contributed by atoms with Gasteiger partial charge in [0.05, 0.1) is 6.61 Å². The number of hydrogen-bond acceptors (Lipinski definition) is 3. The first kappa shape index (κ1) is 15.3. The molecule has 0 bridgehead atoms. The lowest BCUT2D eigenvalue weighted by Crippen LogP contribution is -2.46. The van der Waals surface area contributed by atoms with Crippen LogP contribution < -0.4 is 10.2 Å². The van der Waals surface area contributed by atoms with E-state index in [1.807, 2.05) is 0 Å². The average Bonchev–Trinajstić information content (AvgIpc) is 2.66. The highest BCUT2D eigenvalue weighted by molar-refractivity contribution is 5.55. The standard InChI is InChI=1S/C17H28N2O/c1-5-13(2)16-11-19(14(3)12-20-4)17-9-7-6-8-15(17)10-18-16/h6-9,13-14,16,18H,5,10-12H2,1-4H3. The minimum atomic E-state index is 0.396. The monoisotopic (exact) mass is 276 g/mol. The molecule has 3 unspecified atom stereocenters. The van der Waals surface area contributed by atoms with Crippen molar-refractivity contribution in [2.75, 3.05) is 25.2 Å². The maximum atomic E-state index is 5.37. The molecule has 0 aliphatic carbocycles. The van der Waals surface area contributed by atoms with Crippen LogP contribution in [0.25, 0.3) is 0 Å². The Bertz CT molecular complexity index is 421. The smallest absolute Gasteiger partial charge is 0.0663 e. The van der Waals surface area contributed by atoms with E-state index in [0.29, 0.717) is 18.0 Å². The number of nitrogens with zero attached hydrogens (tertiary/aromatic N) is 1. The fourth-order valence-electron chi connectivity index (χ4n) is 2.97. The number of benzene rings is 1. The van der Waals surface area contributed by atoms with Crippen LogP contribution in [0.2, 0.25) is 0 Å². The zero-order chi connectivity index (χ0) is 14.5. The highest BCUT2D eigenvalue weighted by atomic mass is 16.5. The molecule has 1 aliphatic heterocycles. The van der Waals surface area contributed by atoms with Crippen LogP contribution in [0.3, 0.4) is 0 Å². The number of ether oxygens (including phenoxy) is 1. The van der Waals surface area contributed by atoms with Crippen LogP contribution >= 0.6 is 0 Å². The van der Waals surface area contributed by atoms with E-state index in [9.17, 15) is 0 Å². The molecule has 3 heteroatoms. The first-order valence-corrected chi connectivity index (χ1v) is 7.74. The number of fused-ring (bicyclic) bond motifs is 1. The number of para-hydroxylation sites is 1. The Balaban J connectivity index is 2.27. The molecule has 1 aliphatic rings. The van der Waals surface area contributed by atoms with Crippen molar-refractivity contribution in [3.8, 4) is 0 Å². The van der Waals surface area contributed by atoms with Gasteiger partial charge in [-0.05, 0) is 24.5 Å². The highest BCUT2D eigenvalue weighted by Crippen LogP contribution is 2.27. The molecule has 0 saturated heterocycles. The minimum Gasteiger partial charge on any atom is -0.383 e. The Hall–Kier alpha value is -1.06. The lowest BCUT2D eigenvalue weighted by atomic mass is 9.98. The molecule has 3 atom stereocenters. The maximum absolute atomic E-state index is 5.37. The highest BCUT2D eigenvalue weighted by Gasteiger charge is 2.27. The zero-order valence-corrected chi connectivity index (χ0v) is 13.2. The molecule has 0 fully saturated rings. The van der Waals surface area contributed by atoms with Gasteiger partial charge in [0.2, 0.25) is 0 Å². The van der Waals surface area contributed by atoms with E-state index in [-0.39, 0.29) is 0 Å². The van der Waals surface area contributed by atoms with E-state index in [1.165, 1.54) is 17.7 Å². The molecular formula is C17H28N2O. The molecular weight excluding hydrogens is 248 g/mol. The summed E-state index contributed by atoms with van der Waals surface area (Å²) in [6.45, 7) is 9.64. The minimum absolute atomic E-state index is 0.396. The van der Waals surface area contributed by atoms with Crippen LogP contribution in [0.15, 0.2) is 24.3 Å². The lowest BCUT2D eigenvalue weighted by Gasteiger charge is -2.34. The largest absolute Gasteiger partial charge is 0.383 e. The third-order valence-corrected chi connectivity index (χ3v) is 4.52. The van der Waals surface area contributed by atoms with Crippen LogP contribution in [-0.4, -0.2) is 32.3 Å². The summed E-state index contributed by atoms with van der Waals surface area (Å²) in [6.07, 6.45) is 1.21. The van der Waals surface area contributed by atoms with Gasteiger partial charge in [0.25, 0.3) is 0 Å². The van der Waals surface area contributed by atoms with E-state index in [2.05, 4.69) is 55.3 Å². The van der Waals surface area contributed by atoms with Gasteiger partial charge in [0.15, 0.2) is 0 Å². The summed E-state index contributed by atoms with van der Waals surface area (Å²) >= 11 is 0. The zero-order valence-electron chi connectivity index (χ0n) is 13.2. The van der Waals surface area contributed by atoms with Gasteiger partial charge in [-0.25, -0.2) is 0 Å². The second-order valence-electron chi connectivity index (χ2n) is 5.96. The van der Waals surface area contributed by atoms with E-state index >= 15 is 0 Å². The van der Waals surface area contributed by atoms with Crippen molar-refractivity contribution in [1.82, 2.24) is 5.32 Å². The van der Waals surface area contributed by atoms with Gasteiger partial charge in [-0.3, -0.25) is 0 Å². The van der Waals surface area contributed by atoms with Crippen LogP contribution in [0.5, 0.6) is 0 Å². The van der Waals surface area contributed by atoms with Gasteiger partial charge in [-0.15, -0.1) is 0 Å². The molecule has 3 nitrogen and oxygen atoms in total. The Labute approximate surface area is 123 Å². The topological polar surface area (TPSA) is 24.5 Å². The molecule has 2 rings (SSSR count). The summed E-state index contributed by atoms with van der Waals surface area (Å²) in [5, 5.41) is 3.73. The summed E-state index contributed by atoms with van der Waals surface area (Å²) in [7, 11) is 1.78. The molecule has 20 heavy (non-hydrogen) atoms. The molecule has 0 amide bonds. The Morgan fingerprint density at radius 1 is 1.35 bits per heavy atom. The number of rotatable bonds is 5. The Kier molecular flexibility index (Phi) is 5.44. The van der Waals surface area contributed by atoms with Gasteiger partial charge in [-0.1, -0.05) is 38.5 Å². The second-order valence-corrected chi connectivity index (χ2v) is 5.96. The normalized spacial score (nSPS) is 22.0. The van der Waals surface area contributed by atoms with Crippen LogP contribution in [-0.2, 0) is 11.3 Å². The van der Waals surface area contributed by atoms with Crippen LogP contribution in [0.4, 0.5) is 5.69 Å². The maximum Gasteiger partial charge on any atom is 0.0663 e. The predicted octanol–water partition coefficient (Wildman–Crippen LogP) is 3.05. The van der Waals surface area contributed by atoms with Gasteiger partial charge >= 0.3 is 0 Å². The molecule has 112 valence electrons. The third-order valence-electron chi connectivity index (χ3n) is 4.52. The summed E-state index contributed by atoms with van der Waals surface area (Å²) < 4.78 is 5.37. The molecule has 0 spiro atoms. The van der Waals surface area contributed by atoms with Gasteiger partial charge in [0.1, 0.15) is 0 Å². The number of nitrogens with one attached hydrogen (secondary N) is 1. The molecule has 1 heterocycles. The average molecular weight is 276 g/mol. The van der Waals surface area contributed by atoms with Crippen molar-refractivity contribution in [2.45, 2.75) is 45.8 Å². The van der Waals surface area contributed by atoms with E-state index in [0.717, 1.165) is 19.7 Å².